The van der Waals surface area contributed by atoms with Crippen molar-refractivity contribution >= 4 is 23.3 Å². The van der Waals surface area contributed by atoms with E-state index in [9.17, 15) is 9.59 Å². The van der Waals surface area contributed by atoms with Gasteiger partial charge in [0.2, 0.25) is 0 Å². The number of hydrogen-bond donors (Lipinski definition) is 0. The molecule has 0 aliphatic rings. The number of hydrogen-bond acceptors (Lipinski definition) is 6. The summed E-state index contributed by atoms with van der Waals surface area (Å²) in [6.45, 7) is 3.90. The van der Waals surface area contributed by atoms with Crippen molar-refractivity contribution in [3.8, 4) is 5.75 Å². The third-order valence-corrected chi connectivity index (χ3v) is 3.66. The molecule has 0 spiro atoms. The van der Waals surface area contributed by atoms with Gasteiger partial charge in [-0.1, -0.05) is 18.2 Å². The molecular weight excluding hydrogens is 346 g/mol. The van der Waals surface area contributed by atoms with E-state index in [0.29, 0.717) is 22.5 Å². The lowest BCUT2D eigenvalue weighted by Crippen LogP contribution is -2.15. The topological polar surface area (TPSA) is 74.2 Å². The zero-order valence-electron chi connectivity index (χ0n) is 15.9. The number of nitrogens with zero attached hydrogens (tertiary/aromatic N) is 1. The monoisotopic (exact) mass is 369 g/mol. The predicted octanol–water partition coefficient (Wildman–Crippen LogP) is 3.94. The number of aliphatic imine (C=N–C) groups is 1. The fraction of sp³-hybridized carbons (Fsp3) is 0.286. The summed E-state index contributed by atoms with van der Waals surface area (Å²) < 4.78 is 15.2. The second-order valence-electron chi connectivity index (χ2n) is 6.01. The van der Waals surface area contributed by atoms with Crippen LogP contribution in [0.25, 0.3) is 0 Å². The number of ether oxygens (including phenoxy) is 3. The van der Waals surface area contributed by atoms with Crippen LogP contribution in [0, 0.1) is 0 Å². The van der Waals surface area contributed by atoms with Gasteiger partial charge in [-0.15, -0.1) is 0 Å². The maximum absolute atomic E-state index is 12.1. The van der Waals surface area contributed by atoms with Gasteiger partial charge in [0.25, 0.3) is 0 Å². The largest absolute Gasteiger partial charge is 0.491 e. The molecule has 0 heterocycles. The summed E-state index contributed by atoms with van der Waals surface area (Å²) in [5.41, 5.74) is 1.91. The van der Waals surface area contributed by atoms with Crippen LogP contribution in [-0.4, -0.2) is 38.0 Å². The number of benzene rings is 2. The molecular formula is C21H23NO5. The lowest BCUT2D eigenvalue weighted by Gasteiger charge is -2.12. The molecule has 0 radical (unpaired) electrons. The Balaban J connectivity index is 2.45. The van der Waals surface area contributed by atoms with Crippen molar-refractivity contribution in [2.45, 2.75) is 26.4 Å². The van der Waals surface area contributed by atoms with E-state index >= 15 is 0 Å². The Morgan fingerprint density at radius 3 is 2.11 bits per heavy atom. The van der Waals surface area contributed by atoms with E-state index < -0.39 is 11.9 Å². The van der Waals surface area contributed by atoms with E-state index in [0.717, 1.165) is 5.75 Å². The van der Waals surface area contributed by atoms with Crippen LogP contribution in [0.4, 0.5) is 5.69 Å². The summed E-state index contributed by atoms with van der Waals surface area (Å²) in [6.07, 6.45) is -0.00412. The minimum atomic E-state index is -0.496. The molecule has 0 amide bonds. The normalized spacial score (nSPS) is 11.2. The smallest absolute Gasteiger partial charge is 0.338 e. The first-order chi connectivity index (χ1) is 12.9. The molecule has 0 saturated heterocycles. The van der Waals surface area contributed by atoms with Gasteiger partial charge in [0, 0.05) is 5.56 Å². The van der Waals surface area contributed by atoms with Crippen molar-refractivity contribution in [3.63, 3.8) is 0 Å². The van der Waals surface area contributed by atoms with E-state index in [4.69, 9.17) is 14.2 Å². The van der Waals surface area contributed by atoms with Gasteiger partial charge in [0.1, 0.15) is 5.75 Å². The van der Waals surface area contributed by atoms with Gasteiger partial charge >= 0.3 is 11.9 Å². The highest BCUT2D eigenvalue weighted by Gasteiger charge is 2.18. The van der Waals surface area contributed by atoms with Crippen molar-refractivity contribution in [3.05, 3.63) is 59.7 Å². The average molecular weight is 369 g/mol. The minimum absolute atomic E-state index is 0.0705. The number of carbonyl (C=O) groups excluding carboxylic acids is 2. The Morgan fingerprint density at radius 2 is 1.56 bits per heavy atom. The quantitative estimate of drug-likeness (QED) is 0.546. The summed E-state index contributed by atoms with van der Waals surface area (Å²) >= 11 is 0. The third kappa shape index (κ3) is 5.67. The Labute approximate surface area is 158 Å². The van der Waals surface area contributed by atoms with Crippen LogP contribution in [0.1, 0.15) is 36.2 Å². The molecule has 2 aromatic carbocycles. The summed E-state index contributed by atoms with van der Waals surface area (Å²) in [4.78, 5) is 28.5. The fourth-order valence-electron chi connectivity index (χ4n) is 2.45. The van der Waals surface area contributed by atoms with Crippen molar-refractivity contribution in [2.24, 2.45) is 4.99 Å². The van der Waals surface area contributed by atoms with Gasteiger partial charge in [-0.25, -0.2) is 4.79 Å². The molecule has 6 nitrogen and oxygen atoms in total. The number of methoxy groups -OCH3 is 2. The zero-order valence-corrected chi connectivity index (χ0v) is 15.9. The Bertz CT molecular complexity index is 825. The van der Waals surface area contributed by atoms with Crippen LogP contribution < -0.4 is 4.74 Å². The van der Waals surface area contributed by atoms with Gasteiger partial charge in [-0.05, 0) is 44.2 Å². The first kappa shape index (κ1) is 20.2. The summed E-state index contributed by atoms with van der Waals surface area (Å²) in [7, 11) is 2.62. The molecule has 6 heteroatoms. The predicted molar refractivity (Wildman–Crippen MR) is 103 cm³/mol. The van der Waals surface area contributed by atoms with E-state index in [2.05, 4.69) is 4.99 Å². The molecule has 142 valence electrons. The van der Waals surface area contributed by atoms with E-state index in [1.807, 2.05) is 13.8 Å². The van der Waals surface area contributed by atoms with Crippen LogP contribution in [0.3, 0.4) is 0 Å². The average Bonchev–Trinajstić information content (AvgIpc) is 2.67. The van der Waals surface area contributed by atoms with Gasteiger partial charge in [0.15, 0.2) is 0 Å². The van der Waals surface area contributed by atoms with Crippen molar-refractivity contribution in [1.29, 1.82) is 0 Å². The standard InChI is InChI=1S/C21H23NO5/c1-14(2)27-16-11-9-15(10-12-16)22-19(13-20(23)25-3)17-7-5-6-8-18(17)21(24)26-4/h5-12,14H,13H2,1-4H3. The van der Waals surface area contributed by atoms with Gasteiger partial charge in [0.05, 0.1) is 43.7 Å². The molecule has 2 rings (SSSR count). The second kappa shape index (κ2) is 9.52. The Morgan fingerprint density at radius 1 is 0.926 bits per heavy atom. The highest BCUT2D eigenvalue weighted by Crippen LogP contribution is 2.22. The highest BCUT2D eigenvalue weighted by molar-refractivity contribution is 6.15. The van der Waals surface area contributed by atoms with Crippen LogP contribution in [-0.2, 0) is 14.3 Å². The third-order valence-electron chi connectivity index (χ3n) is 3.66. The second-order valence-corrected chi connectivity index (χ2v) is 6.01. The highest BCUT2D eigenvalue weighted by atomic mass is 16.5. The maximum Gasteiger partial charge on any atom is 0.338 e. The minimum Gasteiger partial charge on any atom is -0.491 e. The molecule has 2 aromatic rings. The maximum atomic E-state index is 12.1. The van der Waals surface area contributed by atoms with E-state index in [-0.39, 0.29) is 12.5 Å². The van der Waals surface area contributed by atoms with Gasteiger partial charge in [-0.3, -0.25) is 9.79 Å². The number of rotatable bonds is 7. The van der Waals surface area contributed by atoms with Crippen LogP contribution in [0.2, 0.25) is 0 Å². The van der Waals surface area contributed by atoms with E-state index in [1.54, 1.807) is 48.5 Å². The molecule has 0 saturated carbocycles. The zero-order chi connectivity index (χ0) is 19.8. The lowest BCUT2D eigenvalue weighted by molar-refractivity contribution is -0.139. The van der Waals surface area contributed by atoms with Crippen LogP contribution in [0.15, 0.2) is 53.5 Å². The van der Waals surface area contributed by atoms with Crippen molar-refractivity contribution < 1.29 is 23.8 Å². The van der Waals surface area contributed by atoms with Gasteiger partial charge < -0.3 is 14.2 Å². The van der Waals surface area contributed by atoms with Crippen molar-refractivity contribution in [1.82, 2.24) is 0 Å². The fourth-order valence-corrected chi connectivity index (χ4v) is 2.45. The number of carbonyl (C=O) groups is 2. The van der Waals surface area contributed by atoms with Crippen LogP contribution in [0.5, 0.6) is 5.75 Å². The molecule has 0 aliphatic carbocycles. The molecule has 0 aromatic heterocycles. The Hall–Kier alpha value is -3.15. The van der Waals surface area contributed by atoms with Crippen molar-refractivity contribution in [2.75, 3.05) is 14.2 Å². The van der Waals surface area contributed by atoms with Gasteiger partial charge in [-0.2, -0.15) is 0 Å². The first-order valence-electron chi connectivity index (χ1n) is 8.53. The Kier molecular flexibility index (Phi) is 7.11. The summed E-state index contributed by atoms with van der Waals surface area (Å²) in [5, 5.41) is 0. The van der Waals surface area contributed by atoms with E-state index in [1.165, 1.54) is 14.2 Å². The van der Waals surface area contributed by atoms with Crippen LogP contribution >= 0.6 is 0 Å². The number of esters is 2. The lowest BCUT2D eigenvalue weighted by atomic mass is 10.0. The first-order valence-corrected chi connectivity index (χ1v) is 8.53. The molecule has 0 atom stereocenters. The molecule has 0 N–H and O–H groups in total. The molecule has 0 bridgehead atoms. The molecule has 0 aliphatic heterocycles. The molecule has 27 heavy (non-hydrogen) atoms. The molecule has 0 fully saturated rings. The summed E-state index contributed by atoms with van der Waals surface area (Å²) in [5.74, 6) is -0.217. The summed E-state index contributed by atoms with van der Waals surface area (Å²) in [6, 6.07) is 14.0. The SMILES string of the molecule is COC(=O)CC(=Nc1ccc(OC(C)C)cc1)c1ccccc1C(=O)OC. The molecule has 0 unspecified atom stereocenters.